The first-order valence-electron chi connectivity index (χ1n) is 3.96. The topological polar surface area (TPSA) is 103 Å². The molecule has 0 aliphatic heterocycles. The molecule has 1 aromatic heterocycles. The quantitative estimate of drug-likeness (QED) is 0.660. The van der Waals surface area contributed by atoms with Gasteiger partial charge in [-0.15, -0.1) is 0 Å². The average molecular weight is 198 g/mol. The lowest BCUT2D eigenvalue weighted by Gasteiger charge is -1.99. The third-order valence-corrected chi connectivity index (χ3v) is 1.90. The number of rotatable bonds is 3. The van der Waals surface area contributed by atoms with Crippen LogP contribution >= 0.6 is 0 Å². The molecule has 0 aliphatic carbocycles. The number of aryl methyl sites for hydroxylation is 1. The lowest BCUT2D eigenvalue weighted by molar-refractivity contribution is -0.138. The maximum absolute atomic E-state index is 10.6. The second-order valence-electron chi connectivity index (χ2n) is 2.95. The van der Waals surface area contributed by atoms with Crippen molar-refractivity contribution < 1.29 is 19.8 Å². The van der Waals surface area contributed by atoms with Crippen LogP contribution in [-0.2, 0) is 4.79 Å². The summed E-state index contributed by atoms with van der Waals surface area (Å²) in [7, 11) is 0. The van der Waals surface area contributed by atoms with Crippen LogP contribution in [0.25, 0.3) is 0 Å². The van der Waals surface area contributed by atoms with Gasteiger partial charge in [0.15, 0.2) is 0 Å². The van der Waals surface area contributed by atoms with E-state index in [2.05, 4.69) is 9.97 Å². The zero-order valence-corrected chi connectivity index (χ0v) is 7.74. The number of hydrogen-bond donors (Lipinski definition) is 3. The number of nitrogens with zero attached hydrogens (tertiary/aromatic N) is 1. The number of nitrogens with one attached hydrogen (secondary N) is 1. The van der Waals surface area contributed by atoms with E-state index in [9.17, 15) is 9.59 Å². The minimum Gasteiger partial charge on any atom is -0.481 e. The molecular weight excluding hydrogens is 188 g/mol. The minimum absolute atomic E-state index is 0.0619. The van der Waals surface area contributed by atoms with Gasteiger partial charge in [-0.3, -0.25) is 4.79 Å². The van der Waals surface area contributed by atoms with Gasteiger partial charge in [0.05, 0.1) is 5.69 Å². The lowest BCUT2D eigenvalue weighted by Crippen LogP contribution is -2.09. The van der Waals surface area contributed by atoms with Crippen LogP contribution in [0, 0.1) is 6.92 Å². The molecule has 1 atom stereocenters. The zero-order valence-electron chi connectivity index (χ0n) is 7.74. The summed E-state index contributed by atoms with van der Waals surface area (Å²) in [5, 5.41) is 17.3. The van der Waals surface area contributed by atoms with Crippen molar-refractivity contribution in [3.05, 3.63) is 17.2 Å². The van der Waals surface area contributed by atoms with E-state index in [1.807, 2.05) is 0 Å². The molecule has 0 fully saturated rings. The van der Waals surface area contributed by atoms with Crippen molar-refractivity contribution in [3.63, 3.8) is 0 Å². The first-order chi connectivity index (χ1) is 6.43. The van der Waals surface area contributed by atoms with E-state index < -0.39 is 17.9 Å². The van der Waals surface area contributed by atoms with Crippen molar-refractivity contribution in [2.75, 3.05) is 0 Å². The van der Waals surface area contributed by atoms with Crippen molar-refractivity contribution >= 4 is 11.9 Å². The van der Waals surface area contributed by atoms with Gasteiger partial charge in [0.25, 0.3) is 0 Å². The van der Waals surface area contributed by atoms with Gasteiger partial charge >= 0.3 is 11.9 Å². The Balaban J connectivity index is 3.08. The Morgan fingerprint density at radius 3 is 2.36 bits per heavy atom. The normalized spacial score (nSPS) is 12.4. The highest BCUT2D eigenvalue weighted by Gasteiger charge is 2.21. The summed E-state index contributed by atoms with van der Waals surface area (Å²) in [5.74, 6) is -2.86. The van der Waals surface area contributed by atoms with Crippen LogP contribution in [0.1, 0.15) is 34.8 Å². The molecule has 0 radical (unpaired) electrons. The van der Waals surface area contributed by atoms with Crippen molar-refractivity contribution in [2.45, 2.75) is 19.8 Å². The molecule has 14 heavy (non-hydrogen) atoms. The molecule has 0 aliphatic rings. The number of hydrogen-bond acceptors (Lipinski definition) is 3. The molecule has 0 spiro atoms. The number of carbonyl (C=O) groups is 2. The fourth-order valence-electron chi connectivity index (χ4n) is 1.01. The molecule has 1 unspecified atom stereocenters. The zero-order chi connectivity index (χ0) is 10.9. The van der Waals surface area contributed by atoms with Crippen LogP contribution in [0.2, 0.25) is 0 Å². The van der Waals surface area contributed by atoms with Crippen LogP contribution in [0.3, 0.4) is 0 Å². The molecule has 0 amide bonds. The molecular formula is C8H10N2O4. The summed E-state index contributed by atoms with van der Waals surface area (Å²) in [6.07, 6.45) is 0. The Labute approximate surface area is 79.6 Å². The predicted octanol–water partition coefficient (Wildman–Crippen LogP) is 0.604. The molecule has 0 bridgehead atoms. The van der Waals surface area contributed by atoms with Gasteiger partial charge in [-0.05, 0) is 13.8 Å². The Morgan fingerprint density at radius 1 is 1.43 bits per heavy atom. The van der Waals surface area contributed by atoms with Gasteiger partial charge in [0.1, 0.15) is 17.4 Å². The van der Waals surface area contributed by atoms with Crippen LogP contribution in [0.5, 0.6) is 0 Å². The minimum atomic E-state index is -1.14. The smallest absolute Gasteiger partial charge is 0.354 e. The van der Waals surface area contributed by atoms with Gasteiger partial charge in [0.2, 0.25) is 0 Å². The van der Waals surface area contributed by atoms with Crippen LogP contribution in [-0.4, -0.2) is 32.1 Å². The number of imidazole rings is 1. The molecule has 3 N–H and O–H groups in total. The SMILES string of the molecule is Cc1nc(C(C)C(=O)O)[nH]c1C(=O)O. The van der Waals surface area contributed by atoms with E-state index in [0.717, 1.165) is 0 Å². The van der Waals surface area contributed by atoms with Crippen LogP contribution in [0.4, 0.5) is 0 Å². The first kappa shape index (κ1) is 10.2. The Kier molecular flexibility index (Phi) is 2.55. The fourth-order valence-corrected chi connectivity index (χ4v) is 1.01. The Bertz CT molecular complexity index is 383. The molecule has 1 rings (SSSR count). The lowest BCUT2D eigenvalue weighted by atomic mass is 10.2. The van der Waals surface area contributed by atoms with Crippen LogP contribution in [0.15, 0.2) is 0 Å². The van der Waals surface area contributed by atoms with Gasteiger partial charge in [-0.25, -0.2) is 9.78 Å². The number of aromatic amines is 1. The fraction of sp³-hybridized carbons (Fsp3) is 0.375. The predicted molar refractivity (Wildman–Crippen MR) is 46.3 cm³/mol. The second kappa shape index (κ2) is 3.49. The van der Waals surface area contributed by atoms with Crippen molar-refractivity contribution in [1.82, 2.24) is 9.97 Å². The van der Waals surface area contributed by atoms with Gasteiger partial charge < -0.3 is 15.2 Å². The molecule has 0 saturated carbocycles. The highest BCUT2D eigenvalue weighted by atomic mass is 16.4. The van der Waals surface area contributed by atoms with Crippen LogP contribution < -0.4 is 0 Å². The largest absolute Gasteiger partial charge is 0.481 e. The Morgan fingerprint density at radius 2 is 2.00 bits per heavy atom. The van der Waals surface area contributed by atoms with E-state index in [1.54, 1.807) is 0 Å². The number of carboxylic acids is 2. The summed E-state index contributed by atoms with van der Waals surface area (Å²) in [5.41, 5.74) is 0.230. The van der Waals surface area contributed by atoms with E-state index in [4.69, 9.17) is 10.2 Å². The van der Waals surface area contributed by atoms with E-state index >= 15 is 0 Å². The van der Waals surface area contributed by atoms with Gasteiger partial charge in [-0.2, -0.15) is 0 Å². The monoisotopic (exact) mass is 198 g/mol. The number of aromatic carboxylic acids is 1. The summed E-state index contributed by atoms with van der Waals surface area (Å²) < 4.78 is 0. The van der Waals surface area contributed by atoms with E-state index in [-0.39, 0.29) is 11.5 Å². The van der Waals surface area contributed by atoms with E-state index in [0.29, 0.717) is 5.69 Å². The number of H-pyrrole nitrogens is 1. The third kappa shape index (κ3) is 1.73. The first-order valence-corrected chi connectivity index (χ1v) is 3.96. The maximum atomic E-state index is 10.6. The maximum Gasteiger partial charge on any atom is 0.354 e. The van der Waals surface area contributed by atoms with Crippen molar-refractivity contribution in [1.29, 1.82) is 0 Å². The molecule has 6 nitrogen and oxygen atoms in total. The number of aromatic nitrogens is 2. The Hall–Kier alpha value is -1.85. The van der Waals surface area contributed by atoms with E-state index in [1.165, 1.54) is 13.8 Å². The van der Waals surface area contributed by atoms with Gasteiger partial charge in [0, 0.05) is 0 Å². The third-order valence-electron chi connectivity index (χ3n) is 1.90. The molecule has 6 heteroatoms. The standard InChI is InChI=1S/C8H10N2O4/c1-3(7(11)12)6-9-4(2)5(10-6)8(13)14/h3H,1-2H3,(H,9,10)(H,11,12)(H,13,14). The molecule has 0 saturated heterocycles. The number of carboxylic acid groups (broad SMARTS) is 2. The summed E-state index contributed by atoms with van der Waals surface area (Å²) in [4.78, 5) is 27.5. The molecule has 76 valence electrons. The molecule has 0 aromatic carbocycles. The summed E-state index contributed by atoms with van der Waals surface area (Å²) >= 11 is 0. The van der Waals surface area contributed by atoms with Crippen molar-refractivity contribution in [3.8, 4) is 0 Å². The highest BCUT2D eigenvalue weighted by Crippen LogP contribution is 2.14. The molecule has 1 heterocycles. The summed E-state index contributed by atoms with van der Waals surface area (Å²) in [6, 6.07) is 0. The van der Waals surface area contributed by atoms with Crippen molar-refractivity contribution in [2.24, 2.45) is 0 Å². The summed E-state index contributed by atoms with van der Waals surface area (Å²) in [6.45, 7) is 2.95. The second-order valence-corrected chi connectivity index (χ2v) is 2.95. The highest BCUT2D eigenvalue weighted by molar-refractivity contribution is 5.87. The molecule has 1 aromatic rings. The van der Waals surface area contributed by atoms with Gasteiger partial charge in [-0.1, -0.05) is 0 Å². The number of aliphatic carboxylic acids is 1. The average Bonchev–Trinajstić information content (AvgIpc) is 2.45.